The third kappa shape index (κ3) is 659. The fourth-order valence-electron chi connectivity index (χ4n) is 2.28. The van der Waals surface area contributed by atoms with Gasteiger partial charge in [0.05, 0.1) is 94.8 Å². The van der Waals surface area contributed by atoms with E-state index in [0.717, 1.165) is 0 Å². The summed E-state index contributed by atoms with van der Waals surface area (Å²) in [6, 6.07) is 0. The molecule has 0 bridgehead atoms. The fourth-order valence-corrected chi connectivity index (χ4v) is 3.92. The zero-order valence-corrected chi connectivity index (χ0v) is 276. The van der Waals surface area contributed by atoms with E-state index in [2.05, 4.69) is 23.7 Å². The van der Waals surface area contributed by atoms with Gasteiger partial charge in [0.1, 0.15) is 0 Å². The molecule has 30 nitrogen and oxygen atoms in total. The second kappa shape index (κ2) is 462. The maximum absolute atomic E-state index is 10.1. The van der Waals surface area contributed by atoms with Gasteiger partial charge in [-0.1, -0.05) is 0 Å². The number of aliphatic hydroxyl groups excluding tert-OH is 5. The molecule has 140 heavy (non-hydrogen) atoms. The van der Waals surface area contributed by atoms with E-state index in [0.29, 0.717) is 0 Å². The number of rotatable bonds is 30. The molecule has 0 aromatic carbocycles. The van der Waals surface area contributed by atoms with Crippen LogP contribution >= 0.6 is 0 Å². The Balaban J connectivity index is -0.00000000285. The van der Waals surface area contributed by atoms with Crippen molar-refractivity contribution >= 4 is 50.6 Å². The summed E-state index contributed by atoms with van der Waals surface area (Å²) in [4.78, 5) is 0. The minimum Gasteiger partial charge on any atom is -0.380 e. The van der Waals surface area contributed by atoms with E-state index < -0.39 is 111 Å². The van der Waals surface area contributed by atoms with Crippen LogP contribution < -0.4 is 2360 Å². The van der Waals surface area contributed by atoms with Gasteiger partial charge in [-0.05, 0) is 0 Å². The predicted octanol–water partition coefficient (Wildman–Crippen LogP) is -247. The van der Waals surface area contributed by atoms with E-state index in [-0.39, 0.29) is 2460 Å². The second-order valence-electron chi connectivity index (χ2n) is 10.8. The first-order chi connectivity index (χ1) is 27.1. The van der Waals surface area contributed by atoms with Crippen LogP contribution in [-0.2, 0) is 74.3 Å². The molecule has 0 fully saturated rings. The zero-order chi connectivity index (χ0) is 48.1. The number of ether oxygens (including phenoxy) is 5. The average Bonchev–Trinajstić information content (AvgIpc) is 3.02. The van der Waals surface area contributed by atoms with Crippen molar-refractivity contribution in [2.24, 2.45) is 0 Å². The predicted molar refractivity (Wildman–Crippen MR) is 200 cm³/mol. The van der Waals surface area contributed by atoms with Crippen LogP contribution in [0.4, 0.5) is 0 Å². The molecular weight excluding hydrogens is 2780 g/mol. The van der Waals surface area contributed by atoms with Crippen molar-refractivity contribution in [3.63, 3.8) is 0 Å². The van der Waals surface area contributed by atoms with Gasteiger partial charge in [0.15, 0.2) is 31.5 Å². The van der Waals surface area contributed by atoms with Gasteiger partial charge < -0.3 is 74.7 Å². The summed E-state index contributed by atoms with van der Waals surface area (Å²) in [5, 5.41) is 83.2. The summed E-state index contributed by atoms with van der Waals surface area (Å²) in [7, 11) is -19.9. The Morgan fingerprint density at radius 2 is 0.164 bits per heavy atom. The van der Waals surface area contributed by atoms with Crippen LogP contribution in [0.2, 0.25) is 0 Å². The van der Waals surface area contributed by atoms with Gasteiger partial charge in [-0.15, -0.1) is 0 Å². The van der Waals surface area contributed by atoms with Crippen molar-refractivity contribution in [3.05, 3.63) is 0 Å². The zero-order valence-electron chi connectivity index (χ0n) is 112. The normalized spacial score (nSPS) is 5.29. The van der Waals surface area contributed by atoms with Crippen molar-refractivity contribution in [2.45, 2.75) is 63.6 Å². The van der Waals surface area contributed by atoms with E-state index in [9.17, 15) is 42.1 Å². The average molecular weight is 2840 g/mol. The summed E-state index contributed by atoms with van der Waals surface area (Å²) < 4.78 is 165. The topological polar surface area (TPSA) is 520 Å². The third-order valence-electron chi connectivity index (χ3n) is 5.03. The smallest absolute Gasteiger partial charge is 0.380 e. The molecule has 0 unspecified atom stereocenters. The molecule has 0 aromatic rings. The summed E-state index contributed by atoms with van der Waals surface area (Å²) in [5.74, 6) is -2.39. The number of aliphatic hydroxyl groups is 10. The van der Waals surface area contributed by atoms with Gasteiger partial charge in [-0.2, -0.15) is 42.1 Å². The molecule has 0 heterocycles. The Kier molecular flexibility index (Phi) is 1910. The molecule has 0 spiro atoms. The summed E-state index contributed by atoms with van der Waals surface area (Å²) in [5.41, 5.74) is 0. The largest absolute Gasteiger partial charge is 1.00 e. The molecular formula is C25H60Na80O30S5+80. The molecule has 0 atom stereocenters. The van der Waals surface area contributed by atoms with E-state index in [1.807, 2.05) is 0 Å². The van der Waals surface area contributed by atoms with E-state index in [1.54, 1.807) is 0 Å². The van der Waals surface area contributed by atoms with Crippen LogP contribution in [0.1, 0.15) is 32.1 Å². The molecule has 0 aromatic heterocycles. The van der Waals surface area contributed by atoms with Crippen LogP contribution in [0, 0.1) is 0 Å². The van der Waals surface area contributed by atoms with Gasteiger partial charge in [-0.25, -0.2) is 0 Å². The summed E-state index contributed by atoms with van der Waals surface area (Å²) in [6.45, 7) is -0.492. The number of hydrogen-bond acceptors (Lipinski definition) is 25. The van der Waals surface area contributed by atoms with E-state index in [4.69, 9.17) is 73.8 Å². The Morgan fingerprint density at radius 3 is 0.200 bits per heavy atom. The molecule has 0 rings (SSSR count). The molecule has 0 aliphatic rings. The fraction of sp³-hybridized carbons (Fsp3) is 1.00. The standard InChI is InChI=1S/5C5H12O6S.80Na/c5*6-5(7)1-2-11-3-4-12(8,9)10;;;;;;;;;;;;;;;;;;;;;;;;;;;;;;;;;;;;;;;;;;;;;;;;;;;;;;;;;;;;;;;;;;;;;;;;;;;;;;;;/h5*5-7H,1-4H2,(H,8,9,10);;;;;;;;;;;;;;;;;;;;;;;;;;;;;;;;;;;;;;;;;;;;;;;;;;;;;;;;;;;;;;;;;;;;;;;;;;;;;;;;/q;;;;;80*+1. The van der Waals surface area contributed by atoms with Gasteiger partial charge >= 0.3 is 2360 Å². The molecule has 0 saturated carbocycles. The van der Waals surface area contributed by atoms with E-state index in [1.165, 1.54) is 0 Å². The summed E-state index contributed by atoms with van der Waals surface area (Å²) >= 11 is 0. The minimum absolute atomic E-state index is 0. The van der Waals surface area contributed by atoms with Crippen LogP contribution in [0.25, 0.3) is 0 Å². The molecule has 0 aliphatic carbocycles. The second-order valence-corrected chi connectivity index (χ2v) is 18.7. The number of hydrogen-bond donors (Lipinski definition) is 15. The molecule has 15 N–H and O–H groups in total. The third-order valence-corrected chi connectivity index (χ3v) is 8.44. The van der Waals surface area contributed by atoms with Crippen molar-refractivity contribution in [2.75, 3.05) is 94.8 Å². The van der Waals surface area contributed by atoms with E-state index >= 15 is 0 Å². The SMILES string of the molecule is O=S(=O)(O)CCOCCC(O)O.O=S(=O)(O)CCOCCC(O)O.O=S(=O)(O)CCOCCC(O)O.O=S(=O)(O)CCOCCC(O)O.O=S(=O)(O)CCOCCC(O)O.[Na+].[Na+].[Na+].[Na+].[Na+].[Na+].[Na+].[Na+].[Na+].[Na+].[Na+].[Na+].[Na+].[Na+].[Na+].[Na+].[Na+].[Na+].[Na+].[Na+].[Na+].[Na+].[Na+].[Na+].[Na+].[Na+].[Na+].[Na+].[Na+].[Na+].[Na+].[Na+].[Na+].[Na+].[Na+].[Na+].[Na+].[Na+].[Na+].[Na+].[Na+].[Na+].[Na+].[Na+].[Na+].[Na+].[Na+].[Na+].[Na+].[Na+].[Na+].[Na+].[Na+].[Na+].[Na+].[Na+].[Na+].[Na+].[Na+].[Na+].[Na+].[Na+].[Na+].[Na+].[Na+].[Na+].[Na+].[Na+].[Na+].[Na+].[Na+].[Na+].[Na+].[Na+].[Na+].[Na+].[Na+].[Na+].[Na+].[Na+]. The van der Waals surface area contributed by atoms with Crippen LogP contribution in [0.3, 0.4) is 0 Å². The van der Waals surface area contributed by atoms with Gasteiger partial charge in [-0.3, -0.25) is 22.8 Å². The maximum atomic E-state index is 10.1. The van der Waals surface area contributed by atoms with Crippen molar-refractivity contribution < 1.29 is 2500 Å². The van der Waals surface area contributed by atoms with Crippen molar-refractivity contribution in [1.29, 1.82) is 0 Å². The molecule has 0 amide bonds. The molecule has 0 aliphatic heterocycles. The quantitative estimate of drug-likeness (QED) is 0.0137. The molecule has 115 heteroatoms. The van der Waals surface area contributed by atoms with Crippen molar-refractivity contribution in [3.8, 4) is 0 Å². The Bertz CT molecular complexity index is 1380. The first-order valence-electron chi connectivity index (χ1n) is 16.5. The Hall–Kier alpha value is 79.0. The monoisotopic (exact) mass is 2840 g/mol. The van der Waals surface area contributed by atoms with Gasteiger partial charge in [0.25, 0.3) is 50.6 Å². The Morgan fingerprint density at radius 1 is 0.114 bits per heavy atom. The van der Waals surface area contributed by atoms with Gasteiger partial charge in [0.2, 0.25) is 0 Å². The van der Waals surface area contributed by atoms with Gasteiger partial charge in [0, 0.05) is 32.1 Å². The first kappa shape index (κ1) is 580. The maximum Gasteiger partial charge on any atom is 1.00 e. The Labute approximate surface area is 2620 Å². The molecule has 370 valence electrons. The van der Waals surface area contributed by atoms with Crippen LogP contribution in [0.15, 0.2) is 0 Å². The van der Waals surface area contributed by atoms with Crippen LogP contribution in [0.5, 0.6) is 0 Å². The van der Waals surface area contributed by atoms with Crippen LogP contribution in [-0.4, -0.2) is 242 Å². The molecule has 0 radical (unpaired) electrons. The minimum atomic E-state index is -3.97. The first-order valence-corrected chi connectivity index (χ1v) is 24.6. The molecule has 0 saturated heterocycles. The summed E-state index contributed by atoms with van der Waals surface area (Å²) in [6.07, 6.45) is -7.15. The van der Waals surface area contributed by atoms with Crippen molar-refractivity contribution in [1.82, 2.24) is 0 Å².